The Morgan fingerprint density at radius 3 is 2.78 bits per heavy atom. The molecule has 1 N–H and O–H groups in total. The molecule has 0 amide bonds. The number of halogens is 1. The van der Waals surface area contributed by atoms with E-state index in [9.17, 15) is 0 Å². The van der Waals surface area contributed by atoms with Crippen molar-refractivity contribution in [2.75, 3.05) is 6.61 Å². The predicted octanol–water partition coefficient (Wildman–Crippen LogP) is 4.11. The van der Waals surface area contributed by atoms with Crippen LogP contribution in [0.15, 0.2) is 18.2 Å². The highest BCUT2D eigenvalue weighted by Gasteiger charge is 2.13. The number of rotatable bonds is 5. The number of hydrogen-bond donors (Lipinski definition) is 1. The smallest absolute Gasteiger partial charge is 0.123 e. The second-order valence-corrected chi connectivity index (χ2v) is 6.15. The lowest BCUT2D eigenvalue weighted by Gasteiger charge is -2.23. The summed E-state index contributed by atoms with van der Waals surface area (Å²) in [5.74, 6) is 1.03. The van der Waals surface area contributed by atoms with Crippen LogP contribution in [0.2, 0.25) is 0 Å². The summed E-state index contributed by atoms with van der Waals surface area (Å²) >= 11 is 2.36. The summed E-state index contributed by atoms with van der Waals surface area (Å²) in [4.78, 5) is 0. The molecule has 18 heavy (non-hydrogen) atoms. The van der Waals surface area contributed by atoms with Gasteiger partial charge < -0.3 is 10.1 Å². The van der Waals surface area contributed by atoms with E-state index in [0.717, 1.165) is 18.9 Å². The van der Waals surface area contributed by atoms with E-state index in [1.54, 1.807) is 0 Å². The van der Waals surface area contributed by atoms with Crippen LogP contribution in [-0.4, -0.2) is 12.6 Å². The maximum absolute atomic E-state index is 5.69. The Bertz CT molecular complexity index is 375. The van der Waals surface area contributed by atoms with Crippen molar-refractivity contribution in [1.82, 2.24) is 5.32 Å². The predicted molar refractivity (Wildman–Crippen MR) is 84.0 cm³/mol. The van der Waals surface area contributed by atoms with Gasteiger partial charge in [-0.1, -0.05) is 19.3 Å². The van der Waals surface area contributed by atoms with Crippen LogP contribution in [0, 0.1) is 3.57 Å². The van der Waals surface area contributed by atoms with E-state index < -0.39 is 0 Å². The third-order valence-corrected chi connectivity index (χ3v) is 4.18. The molecule has 1 saturated carbocycles. The van der Waals surface area contributed by atoms with Crippen LogP contribution in [-0.2, 0) is 6.54 Å². The molecular formula is C15H22INO. The highest BCUT2D eigenvalue weighted by molar-refractivity contribution is 14.1. The van der Waals surface area contributed by atoms with Gasteiger partial charge in [0.05, 0.1) is 6.61 Å². The molecule has 2 nitrogen and oxygen atoms in total. The zero-order valence-electron chi connectivity index (χ0n) is 11.0. The fourth-order valence-corrected chi connectivity index (χ4v) is 3.10. The number of ether oxygens (including phenoxy) is 1. The van der Waals surface area contributed by atoms with Crippen molar-refractivity contribution in [3.05, 3.63) is 27.3 Å². The van der Waals surface area contributed by atoms with Crippen LogP contribution < -0.4 is 10.1 Å². The molecule has 0 unspecified atom stereocenters. The average Bonchev–Trinajstić information content (AvgIpc) is 2.40. The largest absolute Gasteiger partial charge is 0.494 e. The summed E-state index contributed by atoms with van der Waals surface area (Å²) in [7, 11) is 0. The van der Waals surface area contributed by atoms with Crippen LogP contribution in [0.1, 0.15) is 44.6 Å². The van der Waals surface area contributed by atoms with E-state index >= 15 is 0 Å². The monoisotopic (exact) mass is 359 g/mol. The molecule has 100 valence electrons. The van der Waals surface area contributed by atoms with E-state index in [-0.39, 0.29) is 0 Å². The van der Waals surface area contributed by atoms with Gasteiger partial charge in [0, 0.05) is 21.7 Å². The number of benzene rings is 1. The van der Waals surface area contributed by atoms with Gasteiger partial charge in [-0.25, -0.2) is 0 Å². The second kappa shape index (κ2) is 7.34. The fraction of sp³-hybridized carbons (Fsp3) is 0.600. The van der Waals surface area contributed by atoms with Gasteiger partial charge in [0.15, 0.2) is 0 Å². The molecule has 0 spiro atoms. The Morgan fingerprint density at radius 2 is 2.06 bits per heavy atom. The van der Waals surface area contributed by atoms with Gasteiger partial charge in [-0.3, -0.25) is 0 Å². The van der Waals surface area contributed by atoms with E-state index in [2.05, 4.69) is 46.1 Å². The maximum Gasteiger partial charge on any atom is 0.123 e. The number of nitrogens with one attached hydrogen (secondary N) is 1. The molecule has 1 aliphatic carbocycles. The van der Waals surface area contributed by atoms with Crippen molar-refractivity contribution in [3.63, 3.8) is 0 Å². The van der Waals surface area contributed by atoms with Crippen molar-refractivity contribution in [3.8, 4) is 5.75 Å². The Labute approximate surface area is 124 Å². The summed E-state index contributed by atoms with van der Waals surface area (Å²) in [5, 5.41) is 3.68. The standard InChI is InChI=1S/C15H22INO/c1-2-18-15-9-8-13(16)10-12(15)11-17-14-6-4-3-5-7-14/h8-10,14,17H,2-7,11H2,1H3. The van der Waals surface area contributed by atoms with Crippen LogP contribution in [0.25, 0.3) is 0 Å². The van der Waals surface area contributed by atoms with Gasteiger partial charge in [-0.2, -0.15) is 0 Å². The van der Waals surface area contributed by atoms with Crippen LogP contribution >= 0.6 is 22.6 Å². The molecule has 0 aliphatic heterocycles. The Morgan fingerprint density at radius 1 is 1.28 bits per heavy atom. The normalized spacial score (nSPS) is 16.8. The fourth-order valence-electron chi connectivity index (χ4n) is 2.54. The quantitative estimate of drug-likeness (QED) is 0.799. The first kappa shape index (κ1) is 14.1. The van der Waals surface area contributed by atoms with Gasteiger partial charge in [-0.15, -0.1) is 0 Å². The van der Waals surface area contributed by atoms with Crippen LogP contribution in [0.3, 0.4) is 0 Å². The van der Waals surface area contributed by atoms with E-state index in [1.807, 2.05) is 6.92 Å². The topological polar surface area (TPSA) is 21.3 Å². The minimum Gasteiger partial charge on any atom is -0.494 e. The number of hydrogen-bond acceptors (Lipinski definition) is 2. The van der Waals surface area contributed by atoms with E-state index in [1.165, 1.54) is 41.2 Å². The summed E-state index contributed by atoms with van der Waals surface area (Å²) in [5.41, 5.74) is 1.29. The minimum atomic E-state index is 0.700. The first-order valence-electron chi connectivity index (χ1n) is 6.94. The molecule has 3 heteroatoms. The molecule has 0 atom stereocenters. The molecule has 1 aliphatic rings. The molecule has 1 aromatic rings. The SMILES string of the molecule is CCOc1ccc(I)cc1CNC1CCCCC1. The van der Waals surface area contributed by atoms with Crippen molar-refractivity contribution < 1.29 is 4.74 Å². The third-order valence-electron chi connectivity index (χ3n) is 3.51. The van der Waals surface area contributed by atoms with Gasteiger partial charge in [0.1, 0.15) is 5.75 Å². The van der Waals surface area contributed by atoms with Crippen molar-refractivity contribution in [2.24, 2.45) is 0 Å². The molecular weight excluding hydrogens is 337 g/mol. The summed E-state index contributed by atoms with van der Waals surface area (Å²) < 4.78 is 6.96. The Hall–Kier alpha value is -0.290. The van der Waals surface area contributed by atoms with Crippen molar-refractivity contribution in [2.45, 2.75) is 51.6 Å². The lowest BCUT2D eigenvalue weighted by molar-refractivity contribution is 0.330. The van der Waals surface area contributed by atoms with E-state index in [0.29, 0.717) is 6.04 Å². The molecule has 0 bridgehead atoms. The average molecular weight is 359 g/mol. The van der Waals surface area contributed by atoms with Gasteiger partial charge in [0.25, 0.3) is 0 Å². The third kappa shape index (κ3) is 4.12. The molecule has 1 fully saturated rings. The van der Waals surface area contributed by atoms with E-state index in [4.69, 9.17) is 4.74 Å². The highest BCUT2D eigenvalue weighted by atomic mass is 127. The van der Waals surface area contributed by atoms with Crippen molar-refractivity contribution >= 4 is 22.6 Å². The van der Waals surface area contributed by atoms with Gasteiger partial charge in [0.2, 0.25) is 0 Å². The molecule has 1 aromatic carbocycles. The first-order valence-corrected chi connectivity index (χ1v) is 8.02. The zero-order chi connectivity index (χ0) is 12.8. The molecule has 2 rings (SSSR count). The zero-order valence-corrected chi connectivity index (χ0v) is 13.2. The lowest BCUT2D eigenvalue weighted by atomic mass is 9.95. The first-order chi connectivity index (χ1) is 8.79. The maximum atomic E-state index is 5.69. The highest BCUT2D eigenvalue weighted by Crippen LogP contribution is 2.23. The minimum absolute atomic E-state index is 0.700. The van der Waals surface area contributed by atoms with Gasteiger partial charge in [-0.05, 0) is 60.6 Å². The van der Waals surface area contributed by atoms with Crippen molar-refractivity contribution in [1.29, 1.82) is 0 Å². The Kier molecular flexibility index (Phi) is 5.76. The van der Waals surface area contributed by atoms with Crippen LogP contribution in [0.5, 0.6) is 5.75 Å². The summed E-state index contributed by atoms with van der Waals surface area (Å²) in [6, 6.07) is 7.12. The summed E-state index contributed by atoms with van der Waals surface area (Å²) in [6.07, 6.45) is 6.82. The summed E-state index contributed by atoms with van der Waals surface area (Å²) in [6.45, 7) is 3.70. The van der Waals surface area contributed by atoms with Gasteiger partial charge >= 0.3 is 0 Å². The lowest BCUT2D eigenvalue weighted by Crippen LogP contribution is -2.30. The van der Waals surface area contributed by atoms with Crippen LogP contribution in [0.4, 0.5) is 0 Å². The molecule has 0 saturated heterocycles. The second-order valence-electron chi connectivity index (χ2n) is 4.90. The molecule has 0 heterocycles. The Balaban J connectivity index is 1.95. The molecule has 0 radical (unpaired) electrons. The molecule has 0 aromatic heterocycles.